The third-order valence-corrected chi connectivity index (χ3v) is 6.38. The van der Waals surface area contributed by atoms with E-state index in [1.54, 1.807) is 18.5 Å². The minimum Gasteiger partial charge on any atom is -0.363 e. The fourth-order valence-corrected chi connectivity index (χ4v) is 4.62. The van der Waals surface area contributed by atoms with Crippen LogP contribution in [0.2, 0.25) is 0 Å². The number of pyridine rings is 2. The largest absolute Gasteiger partial charge is 0.363 e. The fraction of sp³-hybridized carbons (Fsp3) is 0.200. The van der Waals surface area contributed by atoms with Crippen LogP contribution in [0, 0.1) is 0 Å². The van der Waals surface area contributed by atoms with Crippen molar-refractivity contribution in [2.24, 2.45) is 0 Å². The van der Waals surface area contributed by atoms with E-state index in [4.69, 9.17) is 0 Å². The summed E-state index contributed by atoms with van der Waals surface area (Å²) in [6.07, 6.45) is 10.9. The zero-order chi connectivity index (χ0) is 22.2. The number of rotatable bonds is 4. The molecule has 4 aromatic rings. The highest BCUT2D eigenvalue weighted by atomic mass is 16.2. The van der Waals surface area contributed by atoms with Crippen molar-refractivity contribution in [2.45, 2.75) is 18.9 Å². The van der Waals surface area contributed by atoms with E-state index in [1.807, 2.05) is 41.6 Å². The maximum Gasteiger partial charge on any atom is 0.255 e. The third kappa shape index (κ3) is 3.69. The number of nitrogens with zero attached hydrogens (tertiary/aromatic N) is 4. The number of H-pyrrole nitrogens is 1. The van der Waals surface area contributed by atoms with E-state index in [0.717, 1.165) is 40.9 Å². The van der Waals surface area contributed by atoms with Gasteiger partial charge < -0.3 is 15.5 Å². The molecule has 2 aliphatic rings. The van der Waals surface area contributed by atoms with Gasteiger partial charge in [0, 0.05) is 60.4 Å². The molecule has 33 heavy (non-hydrogen) atoms. The lowest BCUT2D eigenvalue weighted by Crippen LogP contribution is -2.37. The van der Waals surface area contributed by atoms with Crippen LogP contribution < -0.4 is 10.6 Å². The molecule has 164 valence electrons. The van der Waals surface area contributed by atoms with Crippen LogP contribution in [0.5, 0.6) is 0 Å². The summed E-state index contributed by atoms with van der Waals surface area (Å²) in [5.74, 6) is 0.952. The maximum atomic E-state index is 12.7. The van der Waals surface area contributed by atoms with Crippen molar-refractivity contribution >= 4 is 34.0 Å². The predicted octanol–water partition coefficient (Wildman–Crippen LogP) is 3.91. The summed E-state index contributed by atoms with van der Waals surface area (Å²) in [5.41, 5.74) is 6.24. The minimum atomic E-state index is 0.0313. The summed E-state index contributed by atoms with van der Waals surface area (Å²) < 4.78 is 0. The first kappa shape index (κ1) is 19.5. The Morgan fingerprint density at radius 3 is 2.97 bits per heavy atom. The molecule has 8 heteroatoms. The van der Waals surface area contributed by atoms with Crippen LogP contribution in [0.3, 0.4) is 0 Å². The first-order valence-electron chi connectivity index (χ1n) is 11.1. The van der Waals surface area contributed by atoms with Gasteiger partial charge in [-0.2, -0.15) is 5.10 Å². The molecule has 2 aliphatic heterocycles. The van der Waals surface area contributed by atoms with Gasteiger partial charge >= 0.3 is 0 Å². The lowest BCUT2D eigenvalue weighted by Gasteiger charge is -2.28. The number of aromatic amines is 1. The number of aromatic nitrogens is 4. The average Bonchev–Trinajstić information content (AvgIpc) is 3.52. The molecule has 0 saturated carbocycles. The van der Waals surface area contributed by atoms with Gasteiger partial charge in [0.1, 0.15) is 5.82 Å². The Morgan fingerprint density at radius 1 is 1.15 bits per heavy atom. The molecule has 0 fully saturated rings. The summed E-state index contributed by atoms with van der Waals surface area (Å²) >= 11 is 0. The number of fused-ring (bicyclic) bond motifs is 2. The van der Waals surface area contributed by atoms with E-state index in [1.165, 1.54) is 11.1 Å². The van der Waals surface area contributed by atoms with Gasteiger partial charge in [0.2, 0.25) is 0 Å². The Hall–Kier alpha value is -4.20. The van der Waals surface area contributed by atoms with Crippen LogP contribution in [0.1, 0.15) is 22.3 Å². The molecule has 1 aromatic carbocycles. The topological polar surface area (TPSA) is 98.8 Å². The fourth-order valence-electron chi connectivity index (χ4n) is 4.62. The molecule has 3 aromatic heterocycles. The summed E-state index contributed by atoms with van der Waals surface area (Å²) in [6, 6.07) is 12.0. The molecule has 0 radical (unpaired) electrons. The van der Waals surface area contributed by atoms with Crippen LogP contribution in [0.4, 0.5) is 17.2 Å². The van der Waals surface area contributed by atoms with Gasteiger partial charge in [0.05, 0.1) is 23.3 Å². The van der Waals surface area contributed by atoms with E-state index < -0.39 is 0 Å². The second kappa shape index (κ2) is 8.05. The van der Waals surface area contributed by atoms with Crippen molar-refractivity contribution in [3.8, 4) is 0 Å². The van der Waals surface area contributed by atoms with E-state index in [9.17, 15) is 4.79 Å². The van der Waals surface area contributed by atoms with Crippen LogP contribution in [-0.2, 0) is 6.42 Å². The normalized spacial score (nSPS) is 17.4. The number of hydrogen-bond donors (Lipinski definition) is 3. The molecule has 8 nitrogen and oxygen atoms in total. The van der Waals surface area contributed by atoms with Gasteiger partial charge in [-0.15, -0.1) is 0 Å². The number of amides is 1. The zero-order valence-electron chi connectivity index (χ0n) is 18.0. The van der Waals surface area contributed by atoms with E-state index in [0.29, 0.717) is 18.7 Å². The molecule has 6 rings (SSSR count). The Labute approximate surface area is 190 Å². The van der Waals surface area contributed by atoms with Gasteiger partial charge in [-0.1, -0.05) is 6.08 Å². The minimum absolute atomic E-state index is 0.0313. The first-order valence-corrected chi connectivity index (χ1v) is 11.1. The molecule has 0 spiro atoms. The molecule has 1 atom stereocenters. The Morgan fingerprint density at radius 2 is 2.12 bits per heavy atom. The number of hydrogen-bond acceptors (Lipinski definition) is 6. The molecule has 1 amide bonds. The van der Waals surface area contributed by atoms with Crippen molar-refractivity contribution in [3.63, 3.8) is 0 Å². The van der Waals surface area contributed by atoms with Crippen molar-refractivity contribution in [1.82, 2.24) is 25.1 Å². The molecule has 0 bridgehead atoms. The van der Waals surface area contributed by atoms with Crippen molar-refractivity contribution in [2.75, 3.05) is 23.7 Å². The van der Waals surface area contributed by atoms with E-state index in [2.05, 4.69) is 42.9 Å². The Kier molecular flexibility index (Phi) is 4.75. The van der Waals surface area contributed by atoms with Gasteiger partial charge in [-0.3, -0.25) is 14.9 Å². The molecule has 0 saturated heterocycles. The van der Waals surface area contributed by atoms with Crippen LogP contribution in [0.15, 0.2) is 72.8 Å². The second-order valence-electron chi connectivity index (χ2n) is 8.41. The molecule has 0 aliphatic carbocycles. The Bertz CT molecular complexity index is 1360. The van der Waals surface area contributed by atoms with Crippen molar-refractivity contribution in [3.05, 3.63) is 84.0 Å². The predicted molar refractivity (Wildman–Crippen MR) is 128 cm³/mol. The van der Waals surface area contributed by atoms with Gasteiger partial charge in [-0.25, -0.2) is 4.98 Å². The van der Waals surface area contributed by atoms with Crippen LogP contribution in [0.25, 0.3) is 10.9 Å². The van der Waals surface area contributed by atoms with Crippen LogP contribution in [-0.4, -0.2) is 50.1 Å². The number of carbonyl (C=O) groups is 1. The summed E-state index contributed by atoms with van der Waals surface area (Å²) in [6.45, 7) is 1.32. The third-order valence-electron chi connectivity index (χ3n) is 6.38. The van der Waals surface area contributed by atoms with Gasteiger partial charge in [-0.05, 0) is 48.4 Å². The van der Waals surface area contributed by atoms with E-state index >= 15 is 0 Å². The quantitative estimate of drug-likeness (QED) is 0.419. The van der Waals surface area contributed by atoms with Gasteiger partial charge in [0.25, 0.3) is 5.91 Å². The van der Waals surface area contributed by atoms with Crippen molar-refractivity contribution in [1.29, 1.82) is 0 Å². The smallest absolute Gasteiger partial charge is 0.255 e. The zero-order valence-corrected chi connectivity index (χ0v) is 18.0. The lowest BCUT2D eigenvalue weighted by molar-refractivity contribution is 0.0767. The lowest BCUT2D eigenvalue weighted by atomic mass is 9.96. The molecular weight excluding hydrogens is 414 g/mol. The standard InChI is InChI=1S/C25H23N7O/c33-25(17-2-1-8-26-14-17)32-10-6-16(7-11-32)23-13-20-22(5-9-27-24(20)30-23)29-19-3-4-21-18(12-19)15-28-31-21/h1-6,8-9,12,14-15,23H,7,10-11,13H2,(H,28,31)(H2,27,29,30). The SMILES string of the molecule is O=C(c1cccnc1)N1CC=C(C2Cc3c(Nc4ccc5[nH]ncc5c4)ccnc3N2)CC1. The molecule has 3 N–H and O–H groups in total. The summed E-state index contributed by atoms with van der Waals surface area (Å²) in [4.78, 5) is 23.2. The summed E-state index contributed by atoms with van der Waals surface area (Å²) in [7, 11) is 0. The average molecular weight is 438 g/mol. The molecular formula is C25H23N7O. The highest BCUT2D eigenvalue weighted by Gasteiger charge is 2.29. The molecule has 5 heterocycles. The van der Waals surface area contributed by atoms with Crippen molar-refractivity contribution < 1.29 is 4.79 Å². The Balaban J connectivity index is 1.16. The first-order chi connectivity index (χ1) is 16.2. The van der Waals surface area contributed by atoms with E-state index in [-0.39, 0.29) is 11.9 Å². The highest BCUT2D eigenvalue weighted by molar-refractivity contribution is 5.94. The maximum absolute atomic E-state index is 12.7. The highest BCUT2D eigenvalue weighted by Crippen LogP contribution is 2.35. The number of anilines is 3. The molecule has 1 unspecified atom stereocenters. The summed E-state index contributed by atoms with van der Waals surface area (Å²) in [5, 5.41) is 15.3. The number of benzene rings is 1. The number of nitrogens with one attached hydrogen (secondary N) is 3. The number of carbonyl (C=O) groups excluding carboxylic acids is 1. The van der Waals surface area contributed by atoms with Crippen LogP contribution >= 0.6 is 0 Å². The monoisotopic (exact) mass is 437 g/mol. The second-order valence-corrected chi connectivity index (χ2v) is 8.41. The van der Waals surface area contributed by atoms with Gasteiger partial charge in [0.15, 0.2) is 0 Å².